The molecule has 0 aromatic carbocycles. The van der Waals surface area contributed by atoms with Crippen LogP contribution in [0.4, 0.5) is 0 Å². The Morgan fingerprint density at radius 1 is 1.50 bits per heavy atom. The zero-order valence-corrected chi connectivity index (χ0v) is 9.19. The number of hydrogen-bond acceptors (Lipinski definition) is 3. The number of aldehydes is 1. The first-order valence-corrected chi connectivity index (χ1v) is 5.75. The molecule has 0 aliphatic rings. The lowest BCUT2D eigenvalue weighted by atomic mass is 10.4. The van der Waals surface area contributed by atoms with E-state index >= 15 is 0 Å². The topological polar surface area (TPSA) is 43.1 Å². The van der Waals surface area contributed by atoms with Crippen molar-refractivity contribution >= 4 is 18.0 Å². The molecule has 0 aliphatic carbocycles. The van der Waals surface area contributed by atoms with E-state index in [1.54, 1.807) is 11.8 Å². The van der Waals surface area contributed by atoms with Gasteiger partial charge in [0.05, 0.1) is 6.04 Å². The molecule has 0 aliphatic heterocycles. The monoisotopic (exact) mass is 191 g/mol. The van der Waals surface area contributed by atoms with E-state index in [0.717, 1.165) is 17.8 Å². The molecule has 0 saturated heterocycles. The third kappa shape index (κ3) is 12.6. The van der Waals surface area contributed by atoms with Gasteiger partial charge in [-0.1, -0.05) is 27.2 Å². The van der Waals surface area contributed by atoms with E-state index in [0.29, 0.717) is 0 Å². The molecule has 0 spiro atoms. The summed E-state index contributed by atoms with van der Waals surface area (Å²) in [5.74, 6) is 1.89. The number of carbonyl (C=O) groups is 1. The van der Waals surface area contributed by atoms with Gasteiger partial charge in [0, 0.05) is 5.75 Å². The second-order valence-corrected chi connectivity index (χ2v) is 3.38. The van der Waals surface area contributed by atoms with Crippen molar-refractivity contribution in [3.8, 4) is 0 Å². The van der Waals surface area contributed by atoms with Crippen LogP contribution in [0.15, 0.2) is 0 Å². The van der Waals surface area contributed by atoms with Crippen molar-refractivity contribution in [2.24, 2.45) is 5.73 Å². The van der Waals surface area contributed by atoms with Gasteiger partial charge in [-0.25, -0.2) is 0 Å². The molecule has 3 heteroatoms. The Balaban J connectivity index is 0. The average molecular weight is 191 g/mol. The predicted octanol–water partition coefficient (Wildman–Crippen LogP) is 2.07. The average Bonchev–Trinajstić information content (AvgIpc) is 2.15. The minimum absolute atomic E-state index is 0.262. The Bertz CT molecular complexity index is 88.6. The zero-order valence-electron chi connectivity index (χ0n) is 8.38. The molecule has 0 aromatic heterocycles. The van der Waals surface area contributed by atoms with E-state index in [1.165, 1.54) is 12.8 Å². The molecule has 0 amide bonds. The van der Waals surface area contributed by atoms with Gasteiger partial charge < -0.3 is 10.5 Å². The molecule has 2 nitrogen and oxygen atoms in total. The summed E-state index contributed by atoms with van der Waals surface area (Å²) in [5, 5.41) is 0. The van der Waals surface area contributed by atoms with E-state index in [-0.39, 0.29) is 6.04 Å². The van der Waals surface area contributed by atoms with Gasteiger partial charge in [0.15, 0.2) is 0 Å². The third-order valence-electron chi connectivity index (χ3n) is 1.13. The molecule has 0 bridgehead atoms. The van der Waals surface area contributed by atoms with Crippen LogP contribution in [0, 0.1) is 0 Å². The molecule has 0 radical (unpaired) electrons. The number of thioether (sulfide) groups is 1. The summed E-state index contributed by atoms with van der Waals surface area (Å²) in [5.41, 5.74) is 5.37. The largest absolute Gasteiger partial charge is 0.321 e. The second kappa shape index (κ2) is 13.6. The van der Waals surface area contributed by atoms with Gasteiger partial charge >= 0.3 is 0 Å². The van der Waals surface area contributed by atoms with Crippen LogP contribution in [-0.2, 0) is 4.79 Å². The predicted molar refractivity (Wildman–Crippen MR) is 57.6 cm³/mol. The van der Waals surface area contributed by atoms with Crippen molar-refractivity contribution in [2.45, 2.75) is 39.7 Å². The normalized spacial score (nSPS) is 11.3. The van der Waals surface area contributed by atoms with Crippen LogP contribution in [0.25, 0.3) is 0 Å². The van der Waals surface area contributed by atoms with Gasteiger partial charge in [-0.2, -0.15) is 11.8 Å². The van der Waals surface area contributed by atoms with E-state index in [4.69, 9.17) is 5.73 Å². The maximum atomic E-state index is 10.0. The summed E-state index contributed by atoms with van der Waals surface area (Å²) >= 11 is 1.75. The Morgan fingerprint density at radius 2 is 2.08 bits per heavy atom. The van der Waals surface area contributed by atoms with Crippen molar-refractivity contribution in [3.63, 3.8) is 0 Å². The number of carbonyl (C=O) groups excluding carboxylic acids is 1. The van der Waals surface area contributed by atoms with E-state index in [2.05, 4.69) is 6.92 Å². The van der Waals surface area contributed by atoms with Crippen LogP contribution in [0.5, 0.6) is 0 Å². The van der Waals surface area contributed by atoms with Crippen LogP contribution < -0.4 is 5.73 Å². The lowest BCUT2D eigenvalue weighted by Gasteiger charge is -2.01. The van der Waals surface area contributed by atoms with E-state index in [9.17, 15) is 4.79 Å². The quantitative estimate of drug-likeness (QED) is 0.516. The highest BCUT2D eigenvalue weighted by Crippen LogP contribution is 2.04. The fourth-order valence-corrected chi connectivity index (χ4v) is 1.52. The highest BCUT2D eigenvalue weighted by atomic mass is 32.2. The van der Waals surface area contributed by atoms with E-state index in [1.807, 2.05) is 13.8 Å². The molecule has 74 valence electrons. The SMILES string of the molecule is CC.CCCCSCC(N)C=O. The lowest BCUT2D eigenvalue weighted by molar-refractivity contribution is -0.108. The molecular weight excluding hydrogens is 170 g/mol. The van der Waals surface area contributed by atoms with Crippen LogP contribution >= 0.6 is 11.8 Å². The molecule has 1 unspecified atom stereocenters. The van der Waals surface area contributed by atoms with Gasteiger partial charge in [-0.15, -0.1) is 0 Å². The lowest BCUT2D eigenvalue weighted by Crippen LogP contribution is -2.24. The summed E-state index contributed by atoms with van der Waals surface area (Å²) in [7, 11) is 0. The Labute approximate surface area is 80.3 Å². The van der Waals surface area contributed by atoms with Crippen molar-refractivity contribution in [2.75, 3.05) is 11.5 Å². The first-order chi connectivity index (χ1) is 5.81. The summed E-state index contributed by atoms with van der Waals surface area (Å²) in [6, 6.07) is -0.262. The molecule has 12 heavy (non-hydrogen) atoms. The Kier molecular flexibility index (Phi) is 16.4. The summed E-state index contributed by atoms with van der Waals surface area (Å²) in [6.07, 6.45) is 3.23. The first kappa shape index (κ1) is 14.5. The van der Waals surface area contributed by atoms with Crippen molar-refractivity contribution < 1.29 is 4.79 Å². The highest BCUT2D eigenvalue weighted by Gasteiger charge is 1.97. The maximum Gasteiger partial charge on any atom is 0.137 e. The molecule has 0 fully saturated rings. The molecule has 0 aromatic rings. The summed E-state index contributed by atoms with van der Waals surface area (Å²) in [6.45, 7) is 6.15. The summed E-state index contributed by atoms with van der Waals surface area (Å²) < 4.78 is 0. The minimum atomic E-state index is -0.262. The van der Waals surface area contributed by atoms with Crippen molar-refractivity contribution in [1.82, 2.24) is 0 Å². The van der Waals surface area contributed by atoms with Crippen LogP contribution in [0.2, 0.25) is 0 Å². The Morgan fingerprint density at radius 3 is 2.50 bits per heavy atom. The minimum Gasteiger partial charge on any atom is -0.321 e. The van der Waals surface area contributed by atoms with Gasteiger partial charge in [-0.05, 0) is 12.2 Å². The molecule has 0 rings (SSSR count). The molecule has 1 atom stereocenters. The maximum absolute atomic E-state index is 10.0. The number of unbranched alkanes of at least 4 members (excludes halogenated alkanes) is 1. The van der Waals surface area contributed by atoms with Gasteiger partial charge in [0.1, 0.15) is 6.29 Å². The number of rotatable bonds is 6. The molecule has 2 N–H and O–H groups in total. The highest BCUT2D eigenvalue weighted by molar-refractivity contribution is 7.99. The Hall–Kier alpha value is -0.0200. The molecule has 0 saturated carbocycles. The van der Waals surface area contributed by atoms with E-state index < -0.39 is 0 Å². The van der Waals surface area contributed by atoms with Gasteiger partial charge in [-0.3, -0.25) is 0 Å². The van der Waals surface area contributed by atoms with Crippen LogP contribution in [0.1, 0.15) is 33.6 Å². The smallest absolute Gasteiger partial charge is 0.137 e. The fraction of sp³-hybridized carbons (Fsp3) is 0.889. The fourth-order valence-electron chi connectivity index (χ4n) is 0.505. The number of nitrogens with two attached hydrogens (primary N) is 1. The van der Waals surface area contributed by atoms with Crippen molar-refractivity contribution in [1.29, 1.82) is 0 Å². The van der Waals surface area contributed by atoms with Gasteiger partial charge in [0.25, 0.3) is 0 Å². The first-order valence-electron chi connectivity index (χ1n) is 4.60. The molecular formula is C9H21NOS. The van der Waals surface area contributed by atoms with Crippen LogP contribution in [0.3, 0.4) is 0 Å². The number of hydrogen-bond donors (Lipinski definition) is 1. The van der Waals surface area contributed by atoms with Gasteiger partial charge in [0.2, 0.25) is 0 Å². The standard InChI is InChI=1S/C7H15NOS.C2H6/c1-2-3-4-10-6-7(8)5-9;1-2/h5,7H,2-4,6,8H2,1H3;1-2H3. The zero-order chi connectivity index (χ0) is 9.82. The summed E-state index contributed by atoms with van der Waals surface area (Å²) in [4.78, 5) is 10.0. The third-order valence-corrected chi connectivity index (χ3v) is 2.33. The second-order valence-electron chi connectivity index (χ2n) is 2.23. The van der Waals surface area contributed by atoms with Crippen molar-refractivity contribution in [3.05, 3.63) is 0 Å². The van der Waals surface area contributed by atoms with Crippen LogP contribution in [-0.4, -0.2) is 23.8 Å². The molecule has 0 heterocycles.